The van der Waals surface area contributed by atoms with Crippen LogP contribution in [0, 0.1) is 5.82 Å². The predicted octanol–water partition coefficient (Wildman–Crippen LogP) is 2.40. The predicted molar refractivity (Wildman–Crippen MR) is 55.0 cm³/mol. The molecule has 1 aromatic rings. The van der Waals surface area contributed by atoms with Crippen molar-refractivity contribution in [2.24, 2.45) is 0 Å². The Morgan fingerprint density at radius 1 is 1.22 bits per heavy atom. The van der Waals surface area contributed by atoms with Crippen molar-refractivity contribution >= 4 is 17.3 Å². The zero-order valence-corrected chi connectivity index (χ0v) is 8.70. The van der Waals surface area contributed by atoms with Crippen molar-refractivity contribution in [3.05, 3.63) is 41.7 Å². The number of allylic oxidation sites excluding steroid dienone is 1. The molecule has 0 aliphatic carbocycles. The van der Waals surface area contributed by atoms with Gasteiger partial charge in [-0.2, -0.15) is 13.2 Å². The maximum Gasteiger partial charge on any atom is 0.509 e. The molecule has 3 nitrogen and oxygen atoms in total. The highest BCUT2D eigenvalue weighted by Gasteiger charge is 2.48. The molecule has 0 atom stereocenters. The van der Waals surface area contributed by atoms with E-state index in [0.29, 0.717) is 0 Å². The SMILES string of the molecule is O=C(O)/C=C(\C(=[OH+])C(F)(F)F)c1ccc(F)cc1. The fraction of sp³-hybridized carbons (Fsp3) is 0.0909. The Bertz CT molecular complexity index is 500. The molecule has 0 aliphatic heterocycles. The summed E-state index contributed by atoms with van der Waals surface area (Å²) in [5.74, 6) is -4.40. The van der Waals surface area contributed by atoms with Crippen LogP contribution in [0.5, 0.6) is 0 Å². The minimum atomic E-state index is -5.09. The summed E-state index contributed by atoms with van der Waals surface area (Å²) in [7, 11) is 0. The molecule has 1 aromatic carbocycles. The first-order valence-electron chi connectivity index (χ1n) is 4.56. The van der Waals surface area contributed by atoms with Gasteiger partial charge in [0.05, 0.1) is 5.57 Å². The molecule has 0 aromatic heterocycles. The summed E-state index contributed by atoms with van der Waals surface area (Å²) in [5, 5.41) is 8.47. The smallest absolute Gasteiger partial charge is 0.478 e. The van der Waals surface area contributed by atoms with Gasteiger partial charge in [0.25, 0.3) is 0 Å². The lowest BCUT2D eigenvalue weighted by Crippen LogP contribution is -2.24. The van der Waals surface area contributed by atoms with E-state index in [1.807, 2.05) is 0 Å². The van der Waals surface area contributed by atoms with Crippen LogP contribution in [0.2, 0.25) is 0 Å². The number of halogens is 4. The molecule has 0 spiro atoms. The summed E-state index contributed by atoms with van der Waals surface area (Å²) < 4.78 is 49.6. The second-order valence-corrected chi connectivity index (χ2v) is 3.25. The van der Waals surface area contributed by atoms with Crippen LogP contribution in [0.15, 0.2) is 30.3 Å². The first-order chi connectivity index (χ1) is 8.21. The van der Waals surface area contributed by atoms with Crippen molar-refractivity contribution in [2.75, 3.05) is 0 Å². The number of ketones is 1. The number of rotatable bonds is 3. The number of carbonyl (C=O) groups excluding carboxylic acids is 1. The summed E-state index contributed by atoms with van der Waals surface area (Å²) in [4.78, 5) is 19.4. The third-order valence-electron chi connectivity index (χ3n) is 1.95. The van der Waals surface area contributed by atoms with E-state index < -0.39 is 29.3 Å². The van der Waals surface area contributed by atoms with E-state index in [4.69, 9.17) is 9.90 Å². The van der Waals surface area contributed by atoms with Crippen molar-refractivity contribution in [2.45, 2.75) is 6.18 Å². The van der Waals surface area contributed by atoms with Gasteiger partial charge in [0.2, 0.25) is 0 Å². The van der Waals surface area contributed by atoms with Crippen LogP contribution in [-0.4, -0.2) is 27.8 Å². The Balaban J connectivity index is 3.27. The highest BCUT2D eigenvalue weighted by molar-refractivity contribution is 6.26. The van der Waals surface area contributed by atoms with Crippen molar-refractivity contribution < 1.29 is 32.3 Å². The van der Waals surface area contributed by atoms with E-state index in [-0.39, 0.29) is 11.6 Å². The number of carbonyl (C=O) groups is 1. The summed E-state index contributed by atoms with van der Waals surface area (Å²) in [6.07, 6.45) is -4.88. The molecule has 0 radical (unpaired) electrons. The average Bonchev–Trinajstić information content (AvgIpc) is 2.25. The molecule has 0 bridgehead atoms. The minimum Gasteiger partial charge on any atom is -0.478 e. The number of alkyl halides is 3. The molecule has 7 heteroatoms. The summed E-state index contributed by atoms with van der Waals surface area (Å²) in [6, 6.07) is 3.58. The van der Waals surface area contributed by atoms with Crippen LogP contribution < -0.4 is 0 Å². The Labute approximate surface area is 98.3 Å². The lowest BCUT2D eigenvalue weighted by Gasteiger charge is -2.04. The minimum absolute atomic E-state index is 0.204. The molecule has 18 heavy (non-hydrogen) atoms. The molecular weight excluding hydrogens is 256 g/mol. The van der Waals surface area contributed by atoms with Crippen LogP contribution >= 0.6 is 0 Å². The van der Waals surface area contributed by atoms with E-state index in [0.717, 1.165) is 24.3 Å². The van der Waals surface area contributed by atoms with Gasteiger partial charge in [0.15, 0.2) is 0 Å². The van der Waals surface area contributed by atoms with Crippen molar-refractivity contribution in [1.29, 1.82) is 0 Å². The Morgan fingerprint density at radius 3 is 2.11 bits per heavy atom. The number of hydrogen-bond donors (Lipinski definition) is 1. The van der Waals surface area contributed by atoms with Gasteiger partial charge in [-0.1, -0.05) is 12.1 Å². The van der Waals surface area contributed by atoms with E-state index in [2.05, 4.69) is 0 Å². The molecule has 2 N–H and O–H groups in total. The Kier molecular flexibility index (Phi) is 3.85. The van der Waals surface area contributed by atoms with Crippen LogP contribution in [0.3, 0.4) is 0 Å². The fourth-order valence-corrected chi connectivity index (χ4v) is 1.19. The van der Waals surface area contributed by atoms with Crippen molar-refractivity contribution in [1.82, 2.24) is 0 Å². The van der Waals surface area contributed by atoms with Gasteiger partial charge in [-0.25, -0.2) is 9.18 Å². The van der Waals surface area contributed by atoms with Gasteiger partial charge in [-0.3, -0.25) is 4.79 Å². The lowest BCUT2D eigenvalue weighted by atomic mass is 10.0. The quantitative estimate of drug-likeness (QED) is 0.517. The third kappa shape index (κ3) is 3.41. The number of benzene rings is 1. The topological polar surface area (TPSA) is 58.7 Å². The average molecular weight is 263 g/mol. The monoisotopic (exact) mass is 263 g/mol. The maximum atomic E-state index is 12.6. The van der Waals surface area contributed by atoms with Crippen LogP contribution in [-0.2, 0) is 4.79 Å². The number of aliphatic carboxylic acids is 1. The van der Waals surface area contributed by atoms with Gasteiger partial charge in [-0.15, -0.1) is 0 Å². The second-order valence-electron chi connectivity index (χ2n) is 3.25. The highest BCUT2D eigenvalue weighted by atomic mass is 19.4. The molecule has 1 rings (SSSR count). The van der Waals surface area contributed by atoms with Crippen LogP contribution in [0.25, 0.3) is 5.57 Å². The Morgan fingerprint density at radius 2 is 1.72 bits per heavy atom. The molecular formula is C11H7F4O3+. The van der Waals surface area contributed by atoms with E-state index in [1.54, 1.807) is 0 Å². The maximum absolute atomic E-state index is 12.6. The van der Waals surface area contributed by atoms with Crippen LogP contribution in [0.4, 0.5) is 17.6 Å². The largest absolute Gasteiger partial charge is 0.509 e. The zero-order valence-electron chi connectivity index (χ0n) is 8.70. The first-order valence-corrected chi connectivity index (χ1v) is 4.56. The number of hydrogen-bond acceptors (Lipinski definition) is 1. The van der Waals surface area contributed by atoms with Gasteiger partial charge < -0.3 is 5.11 Å². The molecule has 0 unspecified atom stereocenters. The van der Waals surface area contributed by atoms with Crippen molar-refractivity contribution in [3.63, 3.8) is 0 Å². The molecule has 0 saturated heterocycles. The summed E-state index contributed by atoms with van der Waals surface area (Å²) in [5.41, 5.74) is -1.19. The third-order valence-corrected chi connectivity index (χ3v) is 1.95. The highest BCUT2D eigenvalue weighted by Crippen LogP contribution is 2.26. The van der Waals surface area contributed by atoms with Crippen LogP contribution in [0.1, 0.15) is 5.56 Å². The fourth-order valence-electron chi connectivity index (χ4n) is 1.19. The molecule has 0 aliphatic rings. The van der Waals surface area contributed by atoms with Gasteiger partial charge in [-0.05, 0) is 17.7 Å². The normalized spacial score (nSPS) is 12.3. The number of carboxylic acids is 1. The summed E-state index contributed by atoms with van der Waals surface area (Å²) >= 11 is 0. The second kappa shape index (κ2) is 4.99. The standard InChI is InChI=1S/C11H6F4O3/c12-7-3-1-6(2-4-7)8(5-9(16)17)10(18)11(13,14)15/h1-5H,(H,16,17)/p+1/b8-5-. The molecule has 0 saturated carbocycles. The molecule has 0 heterocycles. The molecule has 96 valence electrons. The molecule has 0 fully saturated rings. The van der Waals surface area contributed by atoms with Gasteiger partial charge in [0, 0.05) is 6.08 Å². The van der Waals surface area contributed by atoms with E-state index in [9.17, 15) is 22.4 Å². The zero-order chi connectivity index (χ0) is 13.9. The first kappa shape index (κ1) is 13.9. The van der Waals surface area contributed by atoms with E-state index in [1.165, 1.54) is 0 Å². The lowest BCUT2D eigenvalue weighted by molar-refractivity contribution is -0.131. The molecule has 0 amide bonds. The van der Waals surface area contributed by atoms with E-state index >= 15 is 0 Å². The van der Waals surface area contributed by atoms with Gasteiger partial charge >= 0.3 is 17.9 Å². The van der Waals surface area contributed by atoms with Gasteiger partial charge in [0.1, 0.15) is 5.82 Å². The van der Waals surface area contributed by atoms with Crippen molar-refractivity contribution in [3.8, 4) is 0 Å². The summed E-state index contributed by atoms with van der Waals surface area (Å²) in [6.45, 7) is 0. The number of carboxylic acid groups (broad SMARTS) is 1. The Hall–Kier alpha value is -2.18.